The van der Waals surface area contributed by atoms with E-state index in [1.54, 1.807) is 11.0 Å². The second-order valence-corrected chi connectivity index (χ2v) is 7.96. The molecule has 1 fully saturated rings. The van der Waals surface area contributed by atoms with Gasteiger partial charge in [0.15, 0.2) is 0 Å². The molecule has 2 aromatic carbocycles. The van der Waals surface area contributed by atoms with Crippen LogP contribution in [-0.4, -0.2) is 39.8 Å². The molecule has 2 heterocycles. The molecule has 0 spiro atoms. The van der Waals surface area contributed by atoms with Gasteiger partial charge in [-0.15, -0.1) is 0 Å². The SMILES string of the molecule is Cc1cc2c(cc1NC(=O)N1CCC(O)CC1)c1cc(F)ccc1n2C(C)C. The van der Waals surface area contributed by atoms with E-state index in [9.17, 15) is 14.3 Å². The molecule has 3 aromatic rings. The lowest BCUT2D eigenvalue weighted by atomic mass is 10.1. The second-order valence-electron chi connectivity index (χ2n) is 7.96. The summed E-state index contributed by atoms with van der Waals surface area (Å²) in [6.45, 7) is 7.28. The molecule has 1 aliphatic rings. The first-order valence-corrected chi connectivity index (χ1v) is 9.83. The summed E-state index contributed by atoms with van der Waals surface area (Å²) in [6, 6.07) is 8.93. The van der Waals surface area contributed by atoms with Crippen molar-refractivity contribution in [2.45, 2.75) is 45.8 Å². The van der Waals surface area contributed by atoms with Crippen molar-refractivity contribution in [2.75, 3.05) is 18.4 Å². The number of nitrogens with zero attached hydrogens (tertiary/aromatic N) is 2. The predicted molar refractivity (Wildman–Crippen MR) is 110 cm³/mol. The molecule has 2 N–H and O–H groups in total. The van der Waals surface area contributed by atoms with Gasteiger partial charge in [-0.2, -0.15) is 0 Å². The van der Waals surface area contributed by atoms with E-state index >= 15 is 0 Å². The van der Waals surface area contributed by atoms with Gasteiger partial charge >= 0.3 is 6.03 Å². The third-order valence-corrected chi connectivity index (χ3v) is 5.62. The number of hydrogen-bond donors (Lipinski definition) is 2. The van der Waals surface area contributed by atoms with Crippen molar-refractivity contribution in [3.63, 3.8) is 0 Å². The maximum atomic E-state index is 13.9. The molecule has 28 heavy (non-hydrogen) atoms. The number of carbonyl (C=O) groups is 1. The Morgan fingerprint density at radius 2 is 1.82 bits per heavy atom. The molecule has 2 amide bonds. The molecule has 0 bridgehead atoms. The largest absolute Gasteiger partial charge is 0.393 e. The minimum Gasteiger partial charge on any atom is -0.393 e. The lowest BCUT2D eigenvalue weighted by molar-refractivity contribution is 0.0972. The topological polar surface area (TPSA) is 57.5 Å². The third-order valence-electron chi connectivity index (χ3n) is 5.62. The van der Waals surface area contributed by atoms with E-state index in [-0.39, 0.29) is 24.0 Å². The standard InChI is InChI=1S/C22H26FN3O2/c1-13(2)26-20-5-4-15(23)11-17(20)18-12-19(14(3)10-21(18)26)24-22(28)25-8-6-16(27)7-9-25/h4-5,10-13,16,27H,6-9H2,1-3H3,(H,24,28). The highest BCUT2D eigenvalue weighted by Gasteiger charge is 2.22. The van der Waals surface area contributed by atoms with Gasteiger partial charge in [0, 0.05) is 46.6 Å². The summed E-state index contributed by atoms with van der Waals surface area (Å²) in [4.78, 5) is 14.4. The normalized spacial score (nSPS) is 15.7. The van der Waals surface area contributed by atoms with E-state index < -0.39 is 0 Å². The van der Waals surface area contributed by atoms with E-state index in [0.29, 0.717) is 25.9 Å². The highest BCUT2D eigenvalue weighted by molar-refractivity contribution is 6.10. The molecule has 1 aliphatic heterocycles. The van der Waals surface area contributed by atoms with Crippen molar-refractivity contribution < 1.29 is 14.3 Å². The van der Waals surface area contributed by atoms with Crippen LogP contribution in [0.2, 0.25) is 0 Å². The minimum atomic E-state index is -0.320. The van der Waals surface area contributed by atoms with Gasteiger partial charge in [0.1, 0.15) is 5.82 Å². The fraction of sp³-hybridized carbons (Fsp3) is 0.409. The van der Waals surface area contributed by atoms with Crippen molar-refractivity contribution in [3.05, 3.63) is 41.7 Å². The molecular weight excluding hydrogens is 357 g/mol. The Morgan fingerprint density at radius 1 is 1.14 bits per heavy atom. The number of aromatic nitrogens is 1. The van der Waals surface area contributed by atoms with Gasteiger partial charge in [0.2, 0.25) is 0 Å². The highest BCUT2D eigenvalue weighted by atomic mass is 19.1. The van der Waals surface area contributed by atoms with Crippen LogP contribution >= 0.6 is 0 Å². The number of benzene rings is 2. The number of fused-ring (bicyclic) bond motifs is 3. The summed E-state index contributed by atoms with van der Waals surface area (Å²) < 4.78 is 16.1. The Kier molecular flexibility index (Phi) is 4.75. The molecule has 4 rings (SSSR count). The Labute approximate surface area is 163 Å². The summed E-state index contributed by atoms with van der Waals surface area (Å²) in [5.41, 5.74) is 3.71. The molecule has 0 radical (unpaired) electrons. The summed E-state index contributed by atoms with van der Waals surface area (Å²) in [7, 11) is 0. The van der Waals surface area contributed by atoms with Crippen LogP contribution in [0.4, 0.5) is 14.9 Å². The number of rotatable bonds is 2. The van der Waals surface area contributed by atoms with Crippen molar-refractivity contribution in [2.24, 2.45) is 0 Å². The van der Waals surface area contributed by atoms with Crippen LogP contribution in [0.3, 0.4) is 0 Å². The molecule has 5 nitrogen and oxygen atoms in total. The fourth-order valence-electron chi connectivity index (χ4n) is 4.13. The van der Waals surface area contributed by atoms with E-state index in [4.69, 9.17) is 0 Å². The number of carbonyl (C=O) groups excluding carboxylic acids is 1. The van der Waals surface area contributed by atoms with Crippen LogP contribution in [0.1, 0.15) is 38.3 Å². The Bertz CT molecular complexity index is 1050. The molecule has 6 heteroatoms. The first-order valence-electron chi connectivity index (χ1n) is 9.83. The van der Waals surface area contributed by atoms with Crippen molar-refractivity contribution in [3.8, 4) is 0 Å². The van der Waals surface area contributed by atoms with Gasteiger partial charge < -0.3 is 19.9 Å². The van der Waals surface area contributed by atoms with Gasteiger partial charge in [0.25, 0.3) is 0 Å². The number of amides is 2. The van der Waals surface area contributed by atoms with Crippen molar-refractivity contribution in [1.29, 1.82) is 0 Å². The first-order chi connectivity index (χ1) is 13.3. The molecule has 0 saturated carbocycles. The maximum absolute atomic E-state index is 13.9. The quantitative estimate of drug-likeness (QED) is 0.667. The van der Waals surface area contributed by atoms with Gasteiger partial charge in [-0.1, -0.05) is 0 Å². The number of anilines is 1. The number of hydrogen-bond acceptors (Lipinski definition) is 2. The van der Waals surface area contributed by atoms with Crippen LogP contribution in [0.5, 0.6) is 0 Å². The molecular formula is C22H26FN3O2. The smallest absolute Gasteiger partial charge is 0.321 e. The van der Waals surface area contributed by atoms with Gasteiger partial charge in [-0.05, 0) is 69.5 Å². The van der Waals surface area contributed by atoms with Gasteiger partial charge in [-0.25, -0.2) is 9.18 Å². The first kappa shape index (κ1) is 18.7. The monoisotopic (exact) mass is 383 g/mol. The summed E-state index contributed by atoms with van der Waals surface area (Å²) >= 11 is 0. The number of nitrogens with one attached hydrogen (secondary N) is 1. The van der Waals surface area contributed by atoms with Crippen LogP contribution in [0.25, 0.3) is 21.8 Å². The number of halogens is 1. The number of likely N-dealkylation sites (tertiary alicyclic amines) is 1. The lowest BCUT2D eigenvalue weighted by Gasteiger charge is -2.29. The van der Waals surface area contributed by atoms with Crippen LogP contribution in [-0.2, 0) is 0 Å². The molecule has 0 aliphatic carbocycles. The zero-order valence-electron chi connectivity index (χ0n) is 16.5. The zero-order chi connectivity index (χ0) is 20.0. The summed E-state index contributed by atoms with van der Waals surface area (Å²) in [5.74, 6) is -0.270. The third kappa shape index (κ3) is 3.22. The zero-order valence-corrected chi connectivity index (χ0v) is 16.5. The Balaban J connectivity index is 1.76. The summed E-state index contributed by atoms with van der Waals surface area (Å²) in [5, 5.41) is 14.4. The second kappa shape index (κ2) is 7.09. The number of aliphatic hydroxyl groups is 1. The van der Waals surface area contributed by atoms with Gasteiger partial charge in [-0.3, -0.25) is 0 Å². The summed E-state index contributed by atoms with van der Waals surface area (Å²) in [6.07, 6.45) is 0.887. The number of aliphatic hydroxyl groups excluding tert-OH is 1. The van der Waals surface area contributed by atoms with Crippen LogP contribution < -0.4 is 5.32 Å². The molecule has 0 atom stereocenters. The maximum Gasteiger partial charge on any atom is 0.321 e. The van der Waals surface area contributed by atoms with Crippen LogP contribution in [0, 0.1) is 12.7 Å². The predicted octanol–water partition coefficient (Wildman–Crippen LogP) is 4.81. The average molecular weight is 383 g/mol. The van der Waals surface area contributed by atoms with Crippen LogP contribution in [0.15, 0.2) is 30.3 Å². The molecule has 1 aromatic heterocycles. The Hall–Kier alpha value is -2.60. The van der Waals surface area contributed by atoms with Crippen molar-refractivity contribution >= 4 is 33.5 Å². The number of urea groups is 1. The molecule has 1 saturated heterocycles. The molecule has 148 valence electrons. The van der Waals surface area contributed by atoms with E-state index in [0.717, 1.165) is 33.1 Å². The lowest BCUT2D eigenvalue weighted by Crippen LogP contribution is -2.42. The molecule has 0 unspecified atom stereocenters. The highest BCUT2D eigenvalue weighted by Crippen LogP contribution is 2.35. The number of piperidine rings is 1. The average Bonchev–Trinajstić information content (AvgIpc) is 2.95. The van der Waals surface area contributed by atoms with E-state index in [1.807, 2.05) is 19.1 Å². The number of aryl methyl sites for hydroxylation is 1. The minimum absolute atomic E-state index is 0.159. The Morgan fingerprint density at radius 3 is 2.50 bits per heavy atom. The van der Waals surface area contributed by atoms with Gasteiger partial charge in [0.05, 0.1) is 6.10 Å². The van der Waals surface area contributed by atoms with E-state index in [2.05, 4.69) is 29.8 Å². The fourth-order valence-corrected chi connectivity index (χ4v) is 4.13. The van der Waals surface area contributed by atoms with E-state index in [1.165, 1.54) is 6.07 Å². The van der Waals surface area contributed by atoms with Crippen molar-refractivity contribution in [1.82, 2.24) is 9.47 Å².